The third kappa shape index (κ3) is 3.58. The Morgan fingerprint density at radius 2 is 1.81 bits per heavy atom. The summed E-state index contributed by atoms with van der Waals surface area (Å²) in [6.07, 6.45) is 6.40. The second kappa shape index (κ2) is 5.02. The van der Waals surface area contributed by atoms with Crippen molar-refractivity contribution in [1.29, 1.82) is 0 Å². The van der Waals surface area contributed by atoms with Gasteiger partial charge < -0.3 is 5.73 Å². The summed E-state index contributed by atoms with van der Waals surface area (Å²) in [5, 5.41) is 0. The van der Waals surface area contributed by atoms with Crippen molar-refractivity contribution in [1.82, 2.24) is 0 Å². The van der Waals surface area contributed by atoms with Crippen LogP contribution in [0.3, 0.4) is 0 Å². The van der Waals surface area contributed by atoms with Crippen LogP contribution in [0.25, 0.3) is 5.57 Å². The van der Waals surface area contributed by atoms with Gasteiger partial charge in [0.15, 0.2) is 0 Å². The third-order valence-electron chi connectivity index (χ3n) is 2.21. The summed E-state index contributed by atoms with van der Waals surface area (Å²) in [5.74, 6) is 0. The molecule has 0 aromatic heterocycles. The molecule has 0 spiro atoms. The van der Waals surface area contributed by atoms with Gasteiger partial charge >= 0.3 is 0 Å². The van der Waals surface area contributed by atoms with Gasteiger partial charge in [-0.1, -0.05) is 57.2 Å². The molecule has 0 atom stereocenters. The molecule has 0 aliphatic rings. The Kier molecular flexibility index (Phi) is 3.94. The predicted molar refractivity (Wildman–Crippen MR) is 73.1 cm³/mol. The Bertz CT molecular complexity index is 406. The fourth-order valence-electron chi connectivity index (χ4n) is 1.62. The maximum atomic E-state index is 6.00. The van der Waals surface area contributed by atoms with Gasteiger partial charge in [0.1, 0.15) is 0 Å². The number of nitrogens with two attached hydrogens (primary N) is 1. The van der Waals surface area contributed by atoms with Crippen LogP contribution >= 0.6 is 0 Å². The minimum Gasteiger partial charge on any atom is -0.398 e. The largest absolute Gasteiger partial charge is 0.398 e. The van der Waals surface area contributed by atoms with Gasteiger partial charge in [-0.25, -0.2) is 0 Å². The Balaban J connectivity index is 3.24. The molecule has 86 valence electrons. The SMILES string of the molecule is C/C=C\C(=C/C(C)(C)C)c1ccccc1N. The first-order valence-corrected chi connectivity index (χ1v) is 5.64. The second-order valence-corrected chi connectivity index (χ2v) is 5.05. The molecule has 0 unspecified atom stereocenters. The topological polar surface area (TPSA) is 26.0 Å². The zero-order chi connectivity index (χ0) is 12.2. The van der Waals surface area contributed by atoms with Gasteiger partial charge in [0.2, 0.25) is 0 Å². The zero-order valence-electron chi connectivity index (χ0n) is 10.6. The predicted octanol–water partition coefficient (Wildman–Crippen LogP) is 4.27. The van der Waals surface area contributed by atoms with E-state index >= 15 is 0 Å². The van der Waals surface area contributed by atoms with E-state index in [-0.39, 0.29) is 5.41 Å². The molecule has 0 saturated heterocycles. The van der Waals surface area contributed by atoms with Crippen molar-refractivity contribution in [2.45, 2.75) is 27.7 Å². The molecule has 1 aromatic carbocycles. The first kappa shape index (κ1) is 12.6. The number of para-hydroxylation sites is 1. The van der Waals surface area contributed by atoms with Gasteiger partial charge in [-0.2, -0.15) is 0 Å². The molecule has 1 nitrogen and oxygen atoms in total. The van der Waals surface area contributed by atoms with Crippen LogP contribution < -0.4 is 5.73 Å². The van der Waals surface area contributed by atoms with Crippen LogP contribution in [-0.4, -0.2) is 0 Å². The van der Waals surface area contributed by atoms with E-state index in [1.165, 1.54) is 5.57 Å². The molecule has 0 fully saturated rings. The van der Waals surface area contributed by atoms with E-state index in [2.05, 4.69) is 39.0 Å². The molecule has 1 aromatic rings. The molecule has 0 heterocycles. The van der Waals surface area contributed by atoms with E-state index in [1.807, 2.05) is 31.2 Å². The number of benzene rings is 1. The number of hydrogen-bond acceptors (Lipinski definition) is 1. The Labute approximate surface area is 98.7 Å². The van der Waals surface area contributed by atoms with Crippen molar-refractivity contribution >= 4 is 11.3 Å². The number of nitrogen functional groups attached to an aromatic ring is 1. The molecular weight excluding hydrogens is 194 g/mol. The van der Waals surface area contributed by atoms with Gasteiger partial charge in [-0.3, -0.25) is 0 Å². The Hall–Kier alpha value is -1.50. The van der Waals surface area contributed by atoms with Crippen molar-refractivity contribution in [3.05, 3.63) is 48.1 Å². The van der Waals surface area contributed by atoms with Crippen LogP contribution in [-0.2, 0) is 0 Å². The van der Waals surface area contributed by atoms with Gasteiger partial charge in [0.25, 0.3) is 0 Å². The molecule has 0 radical (unpaired) electrons. The third-order valence-corrected chi connectivity index (χ3v) is 2.21. The maximum absolute atomic E-state index is 6.00. The minimum atomic E-state index is 0.150. The molecule has 1 heteroatoms. The average molecular weight is 215 g/mol. The Morgan fingerprint density at radius 3 is 2.31 bits per heavy atom. The van der Waals surface area contributed by atoms with Crippen molar-refractivity contribution < 1.29 is 0 Å². The van der Waals surface area contributed by atoms with Gasteiger partial charge in [-0.15, -0.1) is 0 Å². The van der Waals surface area contributed by atoms with Crippen LogP contribution in [0, 0.1) is 5.41 Å². The maximum Gasteiger partial charge on any atom is 0.0393 e. The lowest BCUT2D eigenvalue weighted by molar-refractivity contribution is 0.546. The fourth-order valence-corrected chi connectivity index (χ4v) is 1.62. The minimum absolute atomic E-state index is 0.150. The lowest BCUT2D eigenvalue weighted by Crippen LogP contribution is -2.01. The summed E-state index contributed by atoms with van der Waals surface area (Å²) < 4.78 is 0. The highest BCUT2D eigenvalue weighted by Gasteiger charge is 2.09. The molecule has 1 rings (SSSR count). The summed E-state index contributed by atoms with van der Waals surface area (Å²) >= 11 is 0. The highest BCUT2D eigenvalue weighted by atomic mass is 14.6. The van der Waals surface area contributed by atoms with E-state index in [0.29, 0.717) is 0 Å². The van der Waals surface area contributed by atoms with Gasteiger partial charge in [-0.05, 0) is 24.0 Å². The molecule has 2 N–H and O–H groups in total. The summed E-state index contributed by atoms with van der Waals surface area (Å²) in [7, 11) is 0. The smallest absolute Gasteiger partial charge is 0.0393 e. The van der Waals surface area contributed by atoms with Crippen molar-refractivity contribution in [2.24, 2.45) is 5.41 Å². The van der Waals surface area contributed by atoms with Gasteiger partial charge in [0.05, 0.1) is 0 Å². The van der Waals surface area contributed by atoms with E-state index in [0.717, 1.165) is 11.3 Å². The summed E-state index contributed by atoms with van der Waals surface area (Å²) in [4.78, 5) is 0. The fraction of sp³-hybridized carbons (Fsp3) is 0.333. The molecular formula is C15H21N. The van der Waals surface area contributed by atoms with E-state index in [9.17, 15) is 0 Å². The first-order chi connectivity index (χ1) is 7.44. The molecule has 16 heavy (non-hydrogen) atoms. The van der Waals surface area contributed by atoms with Crippen molar-refractivity contribution in [3.8, 4) is 0 Å². The van der Waals surface area contributed by atoms with Crippen LogP contribution in [0.5, 0.6) is 0 Å². The molecule has 0 aliphatic heterocycles. The monoisotopic (exact) mass is 215 g/mol. The molecule has 0 aliphatic carbocycles. The van der Waals surface area contributed by atoms with Gasteiger partial charge in [0, 0.05) is 11.3 Å². The van der Waals surface area contributed by atoms with Crippen LogP contribution in [0.15, 0.2) is 42.5 Å². The number of rotatable bonds is 2. The molecule has 0 saturated carbocycles. The van der Waals surface area contributed by atoms with Crippen molar-refractivity contribution in [3.63, 3.8) is 0 Å². The quantitative estimate of drug-likeness (QED) is 0.578. The molecule has 0 amide bonds. The number of anilines is 1. The average Bonchev–Trinajstić information content (AvgIpc) is 2.16. The summed E-state index contributed by atoms with van der Waals surface area (Å²) in [6, 6.07) is 7.98. The van der Waals surface area contributed by atoms with Crippen LogP contribution in [0.1, 0.15) is 33.3 Å². The normalized spacial score (nSPS) is 13.4. The highest BCUT2D eigenvalue weighted by Crippen LogP contribution is 2.27. The summed E-state index contributed by atoms with van der Waals surface area (Å²) in [5.41, 5.74) is 9.27. The van der Waals surface area contributed by atoms with Crippen molar-refractivity contribution in [2.75, 3.05) is 5.73 Å². The summed E-state index contributed by atoms with van der Waals surface area (Å²) in [6.45, 7) is 8.59. The molecule has 0 bridgehead atoms. The van der Waals surface area contributed by atoms with Crippen LogP contribution in [0.4, 0.5) is 5.69 Å². The number of hydrogen-bond donors (Lipinski definition) is 1. The zero-order valence-corrected chi connectivity index (χ0v) is 10.6. The van der Waals surface area contributed by atoms with E-state index in [1.54, 1.807) is 0 Å². The highest BCUT2D eigenvalue weighted by molar-refractivity contribution is 5.81. The van der Waals surface area contributed by atoms with Crippen LogP contribution in [0.2, 0.25) is 0 Å². The first-order valence-electron chi connectivity index (χ1n) is 5.64. The Morgan fingerprint density at radius 1 is 1.19 bits per heavy atom. The van der Waals surface area contributed by atoms with E-state index in [4.69, 9.17) is 5.73 Å². The van der Waals surface area contributed by atoms with E-state index < -0.39 is 0 Å². The second-order valence-electron chi connectivity index (χ2n) is 5.05. The number of allylic oxidation sites excluding steroid dienone is 4. The standard InChI is InChI=1S/C15H21N/c1-5-8-12(11-15(2,3)4)13-9-6-7-10-14(13)16/h5-11H,16H2,1-4H3/b8-5-,12-11+. The lowest BCUT2D eigenvalue weighted by atomic mass is 9.90. The lowest BCUT2D eigenvalue weighted by Gasteiger charge is -2.16.